The molecule has 3 heteroatoms. The van der Waals surface area contributed by atoms with Crippen LogP contribution in [0.2, 0.25) is 0 Å². The lowest BCUT2D eigenvalue weighted by Gasteiger charge is -2.11. The van der Waals surface area contributed by atoms with E-state index in [0.29, 0.717) is 5.76 Å². The van der Waals surface area contributed by atoms with Gasteiger partial charge in [-0.2, -0.15) is 5.26 Å². The van der Waals surface area contributed by atoms with Gasteiger partial charge in [-0.25, -0.2) is 0 Å². The average Bonchev–Trinajstić information content (AvgIpc) is 2.71. The number of hydrogen-bond acceptors (Lipinski definition) is 3. The molecule has 1 N–H and O–H groups in total. The summed E-state index contributed by atoms with van der Waals surface area (Å²) in [4.78, 5) is 0. The van der Waals surface area contributed by atoms with Crippen molar-refractivity contribution in [3.05, 3.63) is 24.2 Å². The quantitative estimate of drug-likeness (QED) is 0.720. The van der Waals surface area contributed by atoms with Crippen LogP contribution in [-0.4, -0.2) is 5.11 Å². The smallest absolute Gasteiger partial charge is 0.133 e. The topological polar surface area (TPSA) is 57.2 Å². The third-order valence-corrected chi connectivity index (χ3v) is 2.35. The Morgan fingerprint density at radius 1 is 1.67 bits per heavy atom. The molecule has 0 aliphatic heterocycles. The molecule has 1 saturated carbocycles. The number of aliphatic hydroxyl groups is 1. The largest absolute Gasteiger partial charge is 0.467 e. The van der Waals surface area contributed by atoms with Crippen LogP contribution < -0.4 is 0 Å². The van der Waals surface area contributed by atoms with Crippen LogP contribution in [0.1, 0.15) is 24.7 Å². The standard InChI is InChI=1S/C9H9NO2/c10-6-9(3-4-9)8(11)7-2-1-5-12-7/h1-2,5,8,11H,3-4H2. The van der Waals surface area contributed by atoms with Crippen molar-refractivity contribution < 1.29 is 9.52 Å². The Hall–Kier alpha value is -1.27. The van der Waals surface area contributed by atoms with E-state index in [-0.39, 0.29) is 0 Å². The minimum Gasteiger partial charge on any atom is -0.467 e. The zero-order valence-corrected chi connectivity index (χ0v) is 6.53. The summed E-state index contributed by atoms with van der Waals surface area (Å²) >= 11 is 0. The highest BCUT2D eigenvalue weighted by molar-refractivity contribution is 5.20. The molecule has 0 saturated heterocycles. The van der Waals surface area contributed by atoms with Crippen LogP contribution in [0.5, 0.6) is 0 Å². The van der Waals surface area contributed by atoms with Gasteiger partial charge in [0.1, 0.15) is 11.9 Å². The van der Waals surface area contributed by atoms with Crippen LogP contribution in [0.4, 0.5) is 0 Å². The van der Waals surface area contributed by atoms with Crippen LogP contribution in [0, 0.1) is 16.7 Å². The molecule has 2 rings (SSSR count). The number of nitriles is 1. The fraction of sp³-hybridized carbons (Fsp3) is 0.444. The Bertz CT molecular complexity index is 306. The van der Waals surface area contributed by atoms with Crippen molar-refractivity contribution in [1.29, 1.82) is 5.26 Å². The summed E-state index contributed by atoms with van der Waals surface area (Å²) in [6, 6.07) is 5.54. The first-order valence-electron chi connectivity index (χ1n) is 3.91. The van der Waals surface area contributed by atoms with Gasteiger partial charge in [0.25, 0.3) is 0 Å². The molecule has 62 valence electrons. The van der Waals surface area contributed by atoms with Gasteiger partial charge < -0.3 is 9.52 Å². The molecule has 0 radical (unpaired) electrons. The summed E-state index contributed by atoms with van der Waals surface area (Å²) in [6.45, 7) is 0. The zero-order chi connectivity index (χ0) is 8.60. The second kappa shape index (κ2) is 2.36. The predicted octanol–water partition coefficient (Wildman–Crippen LogP) is 1.62. The number of hydrogen-bond donors (Lipinski definition) is 1. The molecular formula is C9H9NO2. The summed E-state index contributed by atoms with van der Waals surface area (Å²) in [7, 11) is 0. The van der Waals surface area contributed by atoms with Gasteiger partial charge in [-0.05, 0) is 25.0 Å². The van der Waals surface area contributed by atoms with Gasteiger partial charge in [0.15, 0.2) is 0 Å². The number of aliphatic hydroxyl groups excluding tert-OH is 1. The van der Waals surface area contributed by atoms with E-state index in [1.54, 1.807) is 12.1 Å². The number of rotatable bonds is 2. The van der Waals surface area contributed by atoms with Crippen molar-refractivity contribution in [3.8, 4) is 6.07 Å². The Kier molecular flexibility index (Phi) is 1.45. The van der Waals surface area contributed by atoms with Crippen molar-refractivity contribution in [2.24, 2.45) is 5.41 Å². The Morgan fingerprint density at radius 3 is 2.83 bits per heavy atom. The highest BCUT2D eigenvalue weighted by Crippen LogP contribution is 2.54. The van der Waals surface area contributed by atoms with Crippen molar-refractivity contribution in [2.75, 3.05) is 0 Å². The maximum atomic E-state index is 9.68. The third kappa shape index (κ3) is 0.926. The van der Waals surface area contributed by atoms with Gasteiger partial charge in [0, 0.05) is 0 Å². The second-order valence-corrected chi connectivity index (χ2v) is 3.19. The average molecular weight is 163 g/mol. The van der Waals surface area contributed by atoms with Crippen LogP contribution in [-0.2, 0) is 0 Å². The van der Waals surface area contributed by atoms with E-state index in [2.05, 4.69) is 6.07 Å². The molecule has 3 nitrogen and oxygen atoms in total. The summed E-state index contributed by atoms with van der Waals surface area (Å²) < 4.78 is 5.02. The van der Waals surface area contributed by atoms with Crippen LogP contribution in [0.3, 0.4) is 0 Å². The molecular weight excluding hydrogens is 154 g/mol. The highest BCUT2D eigenvalue weighted by atomic mass is 16.4. The van der Waals surface area contributed by atoms with E-state index in [4.69, 9.17) is 9.68 Å². The summed E-state index contributed by atoms with van der Waals surface area (Å²) in [6.07, 6.45) is 2.29. The molecule has 1 unspecified atom stereocenters. The molecule has 0 amide bonds. The first-order valence-corrected chi connectivity index (χ1v) is 3.91. The monoisotopic (exact) mass is 163 g/mol. The van der Waals surface area contributed by atoms with Gasteiger partial charge in [-0.1, -0.05) is 0 Å². The van der Waals surface area contributed by atoms with E-state index in [1.807, 2.05) is 0 Å². The van der Waals surface area contributed by atoms with Gasteiger partial charge in [-0.3, -0.25) is 0 Å². The maximum absolute atomic E-state index is 9.68. The Morgan fingerprint density at radius 2 is 2.42 bits per heavy atom. The lowest BCUT2D eigenvalue weighted by molar-refractivity contribution is 0.0985. The van der Waals surface area contributed by atoms with Crippen LogP contribution in [0.25, 0.3) is 0 Å². The molecule has 0 aromatic carbocycles. The van der Waals surface area contributed by atoms with Crippen molar-refractivity contribution in [2.45, 2.75) is 18.9 Å². The molecule has 1 aromatic heterocycles. The van der Waals surface area contributed by atoms with Gasteiger partial charge in [0.2, 0.25) is 0 Å². The SMILES string of the molecule is N#CC1(C(O)c2ccco2)CC1. The minimum atomic E-state index is -0.752. The van der Waals surface area contributed by atoms with Crippen molar-refractivity contribution >= 4 is 0 Å². The molecule has 1 atom stereocenters. The van der Waals surface area contributed by atoms with Gasteiger partial charge in [-0.15, -0.1) is 0 Å². The van der Waals surface area contributed by atoms with E-state index in [1.165, 1.54) is 6.26 Å². The lowest BCUT2D eigenvalue weighted by atomic mass is 9.99. The number of furan rings is 1. The summed E-state index contributed by atoms with van der Waals surface area (Å²) in [5.74, 6) is 0.494. The molecule has 1 aliphatic rings. The molecule has 1 aliphatic carbocycles. The fourth-order valence-electron chi connectivity index (χ4n) is 1.30. The summed E-state index contributed by atoms with van der Waals surface area (Å²) in [5.41, 5.74) is -0.558. The lowest BCUT2D eigenvalue weighted by Crippen LogP contribution is -2.10. The zero-order valence-electron chi connectivity index (χ0n) is 6.53. The van der Waals surface area contributed by atoms with E-state index >= 15 is 0 Å². The van der Waals surface area contributed by atoms with E-state index < -0.39 is 11.5 Å². The van der Waals surface area contributed by atoms with E-state index in [0.717, 1.165) is 12.8 Å². The Labute approximate surface area is 70.2 Å². The highest BCUT2D eigenvalue weighted by Gasteiger charge is 2.51. The maximum Gasteiger partial charge on any atom is 0.133 e. The van der Waals surface area contributed by atoms with Crippen molar-refractivity contribution in [1.82, 2.24) is 0 Å². The molecule has 1 heterocycles. The number of nitrogens with zero attached hydrogens (tertiary/aromatic N) is 1. The van der Waals surface area contributed by atoms with Crippen LogP contribution >= 0.6 is 0 Å². The fourth-order valence-corrected chi connectivity index (χ4v) is 1.30. The minimum absolute atomic E-state index is 0.494. The first kappa shape index (κ1) is 7.38. The molecule has 0 bridgehead atoms. The molecule has 12 heavy (non-hydrogen) atoms. The van der Waals surface area contributed by atoms with Crippen LogP contribution in [0.15, 0.2) is 22.8 Å². The first-order chi connectivity index (χ1) is 5.78. The van der Waals surface area contributed by atoms with Crippen molar-refractivity contribution in [3.63, 3.8) is 0 Å². The van der Waals surface area contributed by atoms with Gasteiger partial charge in [0.05, 0.1) is 17.7 Å². The van der Waals surface area contributed by atoms with E-state index in [9.17, 15) is 5.11 Å². The predicted molar refractivity (Wildman–Crippen MR) is 40.9 cm³/mol. The van der Waals surface area contributed by atoms with Gasteiger partial charge >= 0.3 is 0 Å². The Balaban J connectivity index is 2.22. The molecule has 1 fully saturated rings. The third-order valence-electron chi connectivity index (χ3n) is 2.35. The molecule has 0 spiro atoms. The molecule has 1 aromatic rings. The summed E-state index contributed by atoms with van der Waals surface area (Å²) in [5, 5.41) is 18.5. The second-order valence-electron chi connectivity index (χ2n) is 3.19. The normalized spacial score (nSPS) is 21.3.